The van der Waals surface area contributed by atoms with Gasteiger partial charge in [-0.15, -0.1) is 12.8 Å². The molecule has 0 bridgehead atoms. The number of hydrogen-bond acceptors (Lipinski definition) is 0. The van der Waals surface area contributed by atoms with Crippen LogP contribution in [0.3, 0.4) is 0 Å². The van der Waals surface area contributed by atoms with E-state index in [0.29, 0.717) is 0 Å². The van der Waals surface area contributed by atoms with Crippen LogP contribution in [0, 0.1) is 241 Å². The van der Waals surface area contributed by atoms with Crippen molar-refractivity contribution in [1.29, 1.82) is 0 Å². The molecule has 0 N–H and O–H groups in total. The SMILES string of the molecule is C#CC1(C#CC#CC2(C#CC#CC3(C#CC#CC4(C#CC#CC5(C#CC#CC6(C#C)C(C)(C)C6(C)C)C(C)(C)C5(C)C)C(C)(C)C4(C)C)C(C)(C)C3(C)C)C(C)(C)C2(C)C)C(C)(C)C1(C)C. The van der Waals surface area contributed by atoms with Crippen molar-refractivity contribution in [2.45, 2.75) is 166 Å². The Morgan fingerprint density at radius 2 is 0.258 bits per heavy atom. The second-order valence-electron chi connectivity index (χ2n) is 26.8. The monoisotopic (exact) mass is 867 g/mol. The van der Waals surface area contributed by atoms with Crippen molar-refractivity contribution in [3.05, 3.63) is 0 Å². The lowest BCUT2D eigenvalue weighted by Gasteiger charge is -2.06. The molecular weight excluding hydrogens is 793 g/mol. The summed E-state index contributed by atoms with van der Waals surface area (Å²) in [5.74, 6) is 73.3. The largest absolute Gasteiger partial charge is 0.118 e. The molecule has 6 fully saturated rings. The Morgan fingerprint density at radius 1 is 0.167 bits per heavy atom. The van der Waals surface area contributed by atoms with E-state index in [2.05, 4.69) is 296 Å². The zero-order valence-electron chi connectivity index (χ0n) is 45.2. The lowest BCUT2D eigenvalue weighted by molar-refractivity contribution is 0.457. The maximum atomic E-state index is 6.04. The molecule has 0 nitrogen and oxygen atoms in total. The number of hydrogen-bond donors (Lipinski definition) is 0. The second-order valence-corrected chi connectivity index (χ2v) is 26.8. The lowest BCUT2D eigenvalue weighted by atomic mass is 9.94. The van der Waals surface area contributed by atoms with Crippen LogP contribution in [-0.2, 0) is 0 Å². The van der Waals surface area contributed by atoms with Crippen molar-refractivity contribution in [3.63, 3.8) is 0 Å². The Balaban J connectivity index is 1.30. The summed E-state index contributed by atoms with van der Waals surface area (Å²) in [5, 5.41) is 0. The van der Waals surface area contributed by atoms with Crippen molar-refractivity contribution in [3.8, 4) is 143 Å². The van der Waals surface area contributed by atoms with Gasteiger partial charge in [-0.1, -0.05) is 237 Å². The van der Waals surface area contributed by atoms with E-state index in [-0.39, 0.29) is 65.0 Å². The van der Waals surface area contributed by atoms with E-state index in [4.69, 9.17) is 12.8 Å². The highest BCUT2D eigenvalue weighted by Gasteiger charge is 2.80. The molecule has 0 aromatic carbocycles. The predicted molar refractivity (Wildman–Crippen MR) is 275 cm³/mol. The molecule has 0 unspecified atom stereocenters. The van der Waals surface area contributed by atoms with Gasteiger partial charge >= 0.3 is 0 Å². The molecule has 0 spiro atoms. The minimum Gasteiger partial charge on any atom is -0.118 e. The van der Waals surface area contributed by atoms with Gasteiger partial charge in [0.05, 0.1) is 0 Å². The quantitative estimate of drug-likeness (QED) is 0.213. The molecule has 6 saturated carbocycles. The third-order valence-corrected chi connectivity index (χ3v) is 23.5. The summed E-state index contributed by atoms with van der Waals surface area (Å²) in [6.45, 7) is 53.1. The summed E-state index contributed by atoms with van der Waals surface area (Å²) < 4.78 is 0. The van der Waals surface area contributed by atoms with Crippen molar-refractivity contribution >= 4 is 0 Å². The van der Waals surface area contributed by atoms with E-state index >= 15 is 0 Å². The molecule has 0 aliphatic heterocycles. The molecule has 338 valence electrons. The molecule has 0 amide bonds. The van der Waals surface area contributed by atoms with Crippen LogP contribution in [0.25, 0.3) is 0 Å². The van der Waals surface area contributed by atoms with Crippen molar-refractivity contribution in [2.75, 3.05) is 0 Å². The fourth-order valence-corrected chi connectivity index (χ4v) is 13.2. The summed E-state index contributed by atoms with van der Waals surface area (Å²) >= 11 is 0. The maximum Gasteiger partial charge on any atom is 0.105 e. The molecule has 0 radical (unpaired) electrons. The van der Waals surface area contributed by atoms with Gasteiger partial charge < -0.3 is 0 Å². The van der Waals surface area contributed by atoms with Crippen LogP contribution in [-0.4, -0.2) is 0 Å². The fourth-order valence-electron chi connectivity index (χ4n) is 13.2. The van der Waals surface area contributed by atoms with Gasteiger partial charge in [-0.3, -0.25) is 0 Å². The molecule has 0 heterocycles. The van der Waals surface area contributed by atoms with Gasteiger partial charge in [-0.2, -0.15) is 0 Å². The standard InChI is InChI=1S/C66H74/c1-27-61(49(3,4)50(61,5)6)39-29-31-41-63(53(11,12)54(63,13)14)43-33-35-45-65(57(19,20)58(65,21)22)47-37-38-48-66(59(23,24)60(66,25)26)46-36-34-44-64(55(15,16)56(64,17)18)42-32-30-40-62(28-2)51(7,8)52(62,9)10/h1-2H,3-26H3. The smallest absolute Gasteiger partial charge is 0.105 e. The minimum absolute atomic E-state index is 0.0821. The van der Waals surface area contributed by atoms with Gasteiger partial charge in [0.1, 0.15) is 32.5 Å². The summed E-state index contributed by atoms with van der Waals surface area (Å²) in [7, 11) is 0. The fraction of sp³-hybridized carbons (Fsp3) is 0.636. The zero-order chi connectivity index (χ0) is 50.6. The molecule has 0 aromatic heterocycles. The third kappa shape index (κ3) is 5.11. The molecule has 66 heavy (non-hydrogen) atoms. The Kier molecular flexibility index (Phi) is 10.1. The summed E-state index contributed by atoms with van der Waals surface area (Å²) in [6, 6.07) is 0. The van der Waals surface area contributed by atoms with Gasteiger partial charge in [0.15, 0.2) is 0 Å². The molecular formula is C66H74. The van der Waals surface area contributed by atoms with Crippen molar-refractivity contribution in [2.24, 2.45) is 97.5 Å². The van der Waals surface area contributed by atoms with Crippen LogP contribution in [0.15, 0.2) is 0 Å². The van der Waals surface area contributed by atoms with Gasteiger partial charge in [-0.25, -0.2) is 0 Å². The number of terminal acetylenes is 2. The summed E-state index contributed by atoms with van der Waals surface area (Å²) in [5.41, 5.74) is -4.96. The molecule has 6 aliphatic rings. The minimum atomic E-state index is -0.593. The molecule has 6 rings (SSSR count). The average Bonchev–Trinajstić information content (AvgIpc) is 4.07. The molecule has 6 aliphatic carbocycles. The lowest BCUT2D eigenvalue weighted by Crippen LogP contribution is -2.06. The Bertz CT molecular complexity index is 2720. The first-order chi connectivity index (χ1) is 29.7. The molecule has 0 atom stereocenters. The number of rotatable bonds is 0. The first-order valence-electron chi connectivity index (χ1n) is 23.8. The summed E-state index contributed by atoms with van der Waals surface area (Å²) in [4.78, 5) is 0. The van der Waals surface area contributed by atoms with Crippen LogP contribution >= 0.6 is 0 Å². The van der Waals surface area contributed by atoms with Crippen LogP contribution < -0.4 is 0 Å². The van der Waals surface area contributed by atoms with Gasteiger partial charge in [0.25, 0.3) is 0 Å². The first-order valence-corrected chi connectivity index (χ1v) is 23.8. The zero-order valence-corrected chi connectivity index (χ0v) is 45.2. The molecule has 0 aromatic rings. The third-order valence-electron chi connectivity index (χ3n) is 23.5. The van der Waals surface area contributed by atoms with Crippen LogP contribution in [0.5, 0.6) is 0 Å². The molecule has 0 saturated heterocycles. The Morgan fingerprint density at radius 3 is 0.333 bits per heavy atom. The Hall–Kier alpha value is -5.28. The highest BCUT2D eigenvalue weighted by molar-refractivity contribution is 5.59. The van der Waals surface area contributed by atoms with E-state index < -0.39 is 32.5 Å². The van der Waals surface area contributed by atoms with E-state index in [1.54, 1.807) is 0 Å². The highest BCUT2D eigenvalue weighted by atomic mass is 14.8. The van der Waals surface area contributed by atoms with Gasteiger partial charge in [-0.05, 0) is 59.2 Å². The Labute approximate surface area is 404 Å². The summed E-state index contributed by atoms with van der Waals surface area (Å²) in [6.07, 6.45) is 12.1. The maximum absolute atomic E-state index is 6.04. The van der Waals surface area contributed by atoms with E-state index in [0.717, 1.165) is 0 Å². The van der Waals surface area contributed by atoms with E-state index in [9.17, 15) is 0 Å². The molecule has 0 heteroatoms. The predicted octanol–water partition coefficient (Wildman–Crippen LogP) is 12.6. The van der Waals surface area contributed by atoms with Crippen LogP contribution in [0.4, 0.5) is 0 Å². The highest BCUT2D eigenvalue weighted by Crippen LogP contribution is 2.81. The van der Waals surface area contributed by atoms with E-state index in [1.165, 1.54) is 0 Å². The second kappa shape index (κ2) is 13.2. The normalized spacial score (nSPS) is 28.6. The van der Waals surface area contributed by atoms with Gasteiger partial charge in [0, 0.05) is 65.0 Å². The van der Waals surface area contributed by atoms with Crippen molar-refractivity contribution in [1.82, 2.24) is 0 Å². The van der Waals surface area contributed by atoms with E-state index in [1.807, 2.05) is 0 Å². The first kappa shape index (κ1) is 50.1. The van der Waals surface area contributed by atoms with Crippen LogP contribution in [0.1, 0.15) is 166 Å². The van der Waals surface area contributed by atoms with Crippen LogP contribution in [0.2, 0.25) is 0 Å². The topological polar surface area (TPSA) is 0 Å². The van der Waals surface area contributed by atoms with Gasteiger partial charge in [0.2, 0.25) is 0 Å². The average molecular weight is 867 g/mol. The van der Waals surface area contributed by atoms with Crippen molar-refractivity contribution < 1.29 is 0 Å².